The van der Waals surface area contributed by atoms with Gasteiger partial charge in [0.2, 0.25) is 17.7 Å². The van der Waals surface area contributed by atoms with E-state index in [0.717, 1.165) is 0 Å². The molecule has 0 heterocycles. The predicted octanol–water partition coefficient (Wildman–Crippen LogP) is -1.86. The van der Waals surface area contributed by atoms with Gasteiger partial charge in [0.15, 0.2) is 5.96 Å². The summed E-state index contributed by atoms with van der Waals surface area (Å²) in [5, 5.41) is 26.3. The van der Waals surface area contributed by atoms with Crippen molar-refractivity contribution in [3.8, 4) is 5.75 Å². The van der Waals surface area contributed by atoms with Crippen LogP contribution in [-0.4, -0.2) is 71.1 Å². The molecule has 0 bridgehead atoms. The highest BCUT2D eigenvalue weighted by atomic mass is 16.4. The van der Waals surface area contributed by atoms with Crippen LogP contribution in [0.25, 0.3) is 0 Å². The van der Waals surface area contributed by atoms with Crippen molar-refractivity contribution in [1.29, 1.82) is 0 Å². The van der Waals surface area contributed by atoms with E-state index < -0.39 is 48.4 Å². The molecule has 0 saturated heterocycles. The van der Waals surface area contributed by atoms with Crippen LogP contribution in [-0.2, 0) is 25.6 Å². The summed E-state index contributed by atoms with van der Waals surface area (Å²) in [5.41, 5.74) is 16.9. The number of hydrogen-bond donors (Lipinski definition) is 8. The zero-order valence-corrected chi connectivity index (χ0v) is 19.9. The van der Waals surface area contributed by atoms with E-state index in [-0.39, 0.29) is 37.0 Å². The highest BCUT2D eigenvalue weighted by Gasteiger charge is 2.27. The number of phenols is 1. The second kappa shape index (κ2) is 14.4. The number of phenolic OH excluding ortho intramolecular Hbond substituents is 1. The van der Waals surface area contributed by atoms with E-state index in [1.54, 1.807) is 26.0 Å². The van der Waals surface area contributed by atoms with Crippen LogP contribution < -0.4 is 33.2 Å². The number of rotatable bonds is 14. The van der Waals surface area contributed by atoms with Gasteiger partial charge in [-0.05, 0) is 36.5 Å². The largest absolute Gasteiger partial charge is 0.508 e. The lowest BCUT2D eigenvalue weighted by Crippen LogP contribution is -2.54. The fourth-order valence-electron chi connectivity index (χ4n) is 2.94. The second-order valence-electron chi connectivity index (χ2n) is 8.33. The third-order valence-electron chi connectivity index (χ3n) is 5.03. The number of carbonyl (C=O) groups excluding carboxylic acids is 3. The Morgan fingerprint density at radius 3 is 2.17 bits per heavy atom. The van der Waals surface area contributed by atoms with Gasteiger partial charge in [-0.15, -0.1) is 0 Å². The minimum Gasteiger partial charge on any atom is -0.508 e. The molecule has 1 aromatic rings. The molecule has 0 spiro atoms. The van der Waals surface area contributed by atoms with Crippen molar-refractivity contribution in [3.05, 3.63) is 29.8 Å². The molecule has 3 unspecified atom stereocenters. The predicted molar refractivity (Wildman–Crippen MR) is 129 cm³/mol. The van der Waals surface area contributed by atoms with E-state index in [0.29, 0.717) is 12.0 Å². The van der Waals surface area contributed by atoms with Crippen LogP contribution in [0.1, 0.15) is 32.3 Å². The lowest BCUT2D eigenvalue weighted by Gasteiger charge is -2.22. The Bertz CT molecular complexity index is 900. The number of benzene rings is 1. The number of carbonyl (C=O) groups is 4. The Hall–Kier alpha value is -3.87. The molecule has 1 rings (SSSR count). The van der Waals surface area contributed by atoms with Crippen molar-refractivity contribution in [1.82, 2.24) is 16.0 Å². The highest BCUT2D eigenvalue weighted by molar-refractivity contribution is 5.92. The van der Waals surface area contributed by atoms with Crippen molar-refractivity contribution >= 4 is 29.7 Å². The van der Waals surface area contributed by atoms with Gasteiger partial charge in [-0.1, -0.05) is 26.0 Å². The standard InChI is InChI=1S/C22H35N7O6/c1-12(2)18(23)20(33)27-11-17(31)28-16(10-13-5-7-14(30)8-6-13)19(32)29-15(21(34)35)4-3-9-26-22(24)25/h5-8,12,15-16,18,30H,3-4,9-11,23H2,1-2H3,(H,27,33)(H,28,31)(H,29,32)(H,34,35)(H4,24,25,26). The molecule has 13 nitrogen and oxygen atoms in total. The van der Waals surface area contributed by atoms with E-state index in [1.807, 2.05) is 0 Å². The first-order valence-electron chi connectivity index (χ1n) is 11.1. The number of nitrogens with one attached hydrogen (secondary N) is 3. The molecule has 3 amide bonds. The number of aliphatic carboxylic acids is 1. The van der Waals surface area contributed by atoms with Crippen LogP contribution in [0.2, 0.25) is 0 Å². The molecule has 13 heteroatoms. The molecule has 0 aliphatic heterocycles. The van der Waals surface area contributed by atoms with Crippen LogP contribution in [0.15, 0.2) is 29.3 Å². The van der Waals surface area contributed by atoms with E-state index in [1.165, 1.54) is 12.1 Å². The van der Waals surface area contributed by atoms with E-state index in [2.05, 4.69) is 20.9 Å². The lowest BCUT2D eigenvalue weighted by atomic mass is 10.0. The quantitative estimate of drug-likeness (QED) is 0.0823. The molecule has 11 N–H and O–H groups in total. The lowest BCUT2D eigenvalue weighted by molar-refractivity contribution is -0.142. The summed E-state index contributed by atoms with van der Waals surface area (Å²) in [6.45, 7) is 3.30. The number of carboxylic acids is 1. The minimum absolute atomic E-state index is 0.0116. The van der Waals surface area contributed by atoms with Crippen molar-refractivity contribution in [2.24, 2.45) is 28.1 Å². The number of carboxylic acid groups (broad SMARTS) is 1. The SMILES string of the molecule is CC(C)C(N)C(=O)NCC(=O)NC(Cc1ccc(O)cc1)C(=O)NC(CCCN=C(N)N)C(=O)O. The first-order chi connectivity index (χ1) is 16.4. The number of nitrogens with two attached hydrogens (primary N) is 3. The summed E-state index contributed by atoms with van der Waals surface area (Å²) in [6.07, 6.45) is 0.366. The van der Waals surface area contributed by atoms with Gasteiger partial charge in [-0.2, -0.15) is 0 Å². The summed E-state index contributed by atoms with van der Waals surface area (Å²) < 4.78 is 0. The fourth-order valence-corrected chi connectivity index (χ4v) is 2.94. The maximum Gasteiger partial charge on any atom is 0.326 e. The molecular formula is C22H35N7O6. The molecule has 0 fully saturated rings. The summed E-state index contributed by atoms with van der Waals surface area (Å²) in [6, 6.07) is 2.79. The molecule has 0 aliphatic rings. The number of nitrogens with zero attached hydrogens (tertiary/aromatic N) is 1. The van der Waals surface area contributed by atoms with Gasteiger partial charge >= 0.3 is 5.97 Å². The highest BCUT2D eigenvalue weighted by Crippen LogP contribution is 2.12. The molecular weight excluding hydrogens is 458 g/mol. The van der Waals surface area contributed by atoms with E-state index in [9.17, 15) is 29.4 Å². The van der Waals surface area contributed by atoms with Gasteiger partial charge in [-0.3, -0.25) is 19.4 Å². The zero-order chi connectivity index (χ0) is 26.5. The van der Waals surface area contributed by atoms with Crippen molar-refractivity contribution in [3.63, 3.8) is 0 Å². The molecule has 3 atom stereocenters. The van der Waals surface area contributed by atoms with Crippen LogP contribution in [0.4, 0.5) is 0 Å². The Morgan fingerprint density at radius 2 is 1.63 bits per heavy atom. The monoisotopic (exact) mass is 493 g/mol. The first kappa shape index (κ1) is 29.2. The molecule has 1 aromatic carbocycles. The molecule has 0 aliphatic carbocycles. The van der Waals surface area contributed by atoms with Crippen LogP contribution >= 0.6 is 0 Å². The Kier molecular flexibility index (Phi) is 12.0. The molecule has 0 radical (unpaired) electrons. The van der Waals surface area contributed by atoms with Crippen LogP contribution in [0.3, 0.4) is 0 Å². The van der Waals surface area contributed by atoms with E-state index in [4.69, 9.17) is 17.2 Å². The number of guanidine groups is 1. The third kappa shape index (κ3) is 11.2. The molecule has 0 saturated carbocycles. The number of amides is 3. The van der Waals surface area contributed by atoms with E-state index >= 15 is 0 Å². The molecule has 0 aromatic heterocycles. The van der Waals surface area contributed by atoms with Crippen molar-refractivity contribution < 1.29 is 29.4 Å². The van der Waals surface area contributed by atoms with Crippen molar-refractivity contribution in [2.75, 3.05) is 13.1 Å². The molecule has 194 valence electrons. The number of hydrogen-bond acceptors (Lipinski definition) is 7. The third-order valence-corrected chi connectivity index (χ3v) is 5.03. The number of aliphatic imine (C=N–C) groups is 1. The Balaban J connectivity index is 2.89. The summed E-state index contributed by atoms with van der Waals surface area (Å²) in [7, 11) is 0. The second-order valence-corrected chi connectivity index (χ2v) is 8.33. The average molecular weight is 494 g/mol. The van der Waals surface area contributed by atoms with Gasteiger partial charge in [-0.25, -0.2) is 4.79 Å². The summed E-state index contributed by atoms with van der Waals surface area (Å²) in [5.74, 6) is -3.40. The Labute approximate surface area is 203 Å². The normalized spacial score (nSPS) is 13.3. The van der Waals surface area contributed by atoms with Crippen LogP contribution in [0, 0.1) is 5.92 Å². The Morgan fingerprint density at radius 1 is 1.00 bits per heavy atom. The fraction of sp³-hybridized carbons (Fsp3) is 0.500. The summed E-state index contributed by atoms with van der Waals surface area (Å²) in [4.78, 5) is 52.8. The maximum absolute atomic E-state index is 12.9. The van der Waals surface area contributed by atoms with Gasteiger partial charge in [0.25, 0.3) is 0 Å². The first-order valence-corrected chi connectivity index (χ1v) is 11.1. The zero-order valence-electron chi connectivity index (χ0n) is 19.9. The molecule has 35 heavy (non-hydrogen) atoms. The van der Waals surface area contributed by atoms with Crippen molar-refractivity contribution in [2.45, 2.75) is 51.2 Å². The maximum atomic E-state index is 12.9. The topological polar surface area (TPSA) is 235 Å². The number of aromatic hydroxyl groups is 1. The van der Waals surface area contributed by atoms with Gasteiger partial charge < -0.3 is 43.4 Å². The van der Waals surface area contributed by atoms with Crippen LogP contribution in [0.5, 0.6) is 5.75 Å². The minimum atomic E-state index is -1.26. The summed E-state index contributed by atoms with van der Waals surface area (Å²) >= 11 is 0. The van der Waals surface area contributed by atoms with Gasteiger partial charge in [0, 0.05) is 13.0 Å². The smallest absolute Gasteiger partial charge is 0.326 e. The van der Waals surface area contributed by atoms with Gasteiger partial charge in [0.05, 0.1) is 12.6 Å². The van der Waals surface area contributed by atoms with Gasteiger partial charge in [0.1, 0.15) is 17.8 Å². The average Bonchev–Trinajstić information content (AvgIpc) is 2.79.